The number of aryl methyl sites for hydroxylation is 1. The summed E-state index contributed by atoms with van der Waals surface area (Å²) >= 11 is 5.35. The van der Waals surface area contributed by atoms with Gasteiger partial charge < -0.3 is 9.88 Å². The maximum Gasteiger partial charge on any atom is 0.272 e. The Morgan fingerprint density at radius 3 is 2.50 bits per heavy atom. The topological polar surface area (TPSA) is 41.0 Å². The van der Waals surface area contributed by atoms with Crippen molar-refractivity contribution in [3.63, 3.8) is 0 Å². The molecule has 0 saturated carbocycles. The molecule has 5 heteroatoms. The van der Waals surface area contributed by atoms with E-state index in [1.54, 1.807) is 22.7 Å². The van der Waals surface area contributed by atoms with Crippen LogP contribution in [0.15, 0.2) is 60.8 Å². The Labute approximate surface area is 146 Å². The highest BCUT2D eigenvalue weighted by molar-refractivity contribution is 7.71. The zero-order chi connectivity index (χ0) is 17.1. The smallest absolute Gasteiger partial charge is 0.272 e. The summed E-state index contributed by atoms with van der Waals surface area (Å²) in [6, 6.07) is 17.7. The first-order chi connectivity index (χ1) is 11.6. The highest BCUT2D eigenvalue weighted by Crippen LogP contribution is 2.16. The van der Waals surface area contributed by atoms with E-state index in [0.29, 0.717) is 17.0 Å². The van der Waals surface area contributed by atoms with Crippen LogP contribution in [-0.2, 0) is 6.54 Å². The van der Waals surface area contributed by atoms with Crippen molar-refractivity contribution >= 4 is 18.1 Å². The standard InChI is InChI=1S/C19H19N3OS/c1-14-8-6-7-9-15(14)13-21(2)18(23)17-12-20-19(24)22(17)16-10-4-3-5-11-16/h3-12H,13H2,1-2H3,(H,20,24). The number of H-pyrrole nitrogens is 1. The highest BCUT2D eigenvalue weighted by atomic mass is 32.1. The average Bonchev–Trinajstić information content (AvgIpc) is 2.98. The second-order valence-corrected chi connectivity index (χ2v) is 6.12. The molecule has 0 radical (unpaired) electrons. The number of nitrogens with one attached hydrogen (secondary N) is 1. The van der Waals surface area contributed by atoms with Crippen molar-refractivity contribution in [2.45, 2.75) is 13.5 Å². The molecule has 1 aromatic heterocycles. The zero-order valence-electron chi connectivity index (χ0n) is 13.7. The van der Waals surface area contributed by atoms with E-state index in [0.717, 1.165) is 11.3 Å². The number of nitrogens with zero attached hydrogens (tertiary/aromatic N) is 2. The lowest BCUT2D eigenvalue weighted by atomic mass is 10.1. The molecule has 0 aliphatic heterocycles. The molecule has 0 saturated heterocycles. The first kappa shape index (κ1) is 16.2. The molecule has 0 bridgehead atoms. The number of hydrogen-bond donors (Lipinski definition) is 1. The molecule has 4 nitrogen and oxygen atoms in total. The molecule has 3 aromatic rings. The fourth-order valence-electron chi connectivity index (χ4n) is 2.67. The second-order valence-electron chi connectivity index (χ2n) is 5.74. The van der Waals surface area contributed by atoms with E-state index in [1.807, 2.05) is 48.5 Å². The predicted octanol–water partition coefficient (Wildman–Crippen LogP) is 4.12. The minimum Gasteiger partial charge on any atom is -0.336 e. The third kappa shape index (κ3) is 3.16. The summed E-state index contributed by atoms with van der Waals surface area (Å²) in [5, 5.41) is 0. The van der Waals surface area contributed by atoms with Gasteiger partial charge in [0.2, 0.25) is 0 Å². The van der Waals surface area contributed by atoms with Crippen LogP contribution >= 0.6 is 12.2 Å². The number of aromatic nitrogens is 2. The van der Waals surface area contributed by atoms with Crippen molar-refractivity contribution in [1.82, 2.24) is 14.5 Å². The first-order valence-corrected chi connectivity index (χ1v) is 8.14. The van der Waals surface area contributed by atoms with Gasteiger partial charge in [-0.15, -0.1) is 0 Å². The van der Waals surface area contributed by atoms with Crippen LogP contribution in [0.25, 0.3) is 5.69 Å². The van der Waals surface area contributed by atoms with Gasteiger partial charge in [0.15, 0.2) is 4.77 Å². The monoisotopic (exact) mass is 337 g/mol. The number of hydrogen-bond acceptors (Lipinski definition) is 2. The van der Waals surface area contributed by atoms with Crippen molar-refractivity contribution in [2.75, 3.05) is 7.05 Å². The Hall–Kier alpha value is -2.66. The zero-order valence-corrected chi connectivity index (χ0v) is 14.5. The van der Waals surface area contributed by atoms with Crippen LogP contribution in [0, 0.1) is 11.7 Å². The van der Waals surface area contributed by atoms with E-state index in [9.17, 15) is 4.79 Å². The molecule has 0 aliphatic carbocycles. The quantitative estimate of drug-likeness (QED) is 0.728. The highest BCUT2D eigenvalue weighted by Gasteiger charge is 2.18. The Morgan fingerprint density at radius 1 is 1.12 bits per heavy atom. The second kappa shape index (κ2) is 6.84. The molecule has 0 spiro atoms. The van der Waals surface area contributed by atoms with Gasteiger partial charge in [0.25, 0.3) is 5.91 Å². The van der Waals surface area contributed by atoms with Crippen molar-refractivity contribution < 1.29 is 4.79 Å². The van der Waals surface area contributed by atoms with Gasteiger partial charge in [-0.05, 0) is 42.4 Å². The van der Waals surface area contributed by atoms with E-state index in [4.69, 9.17) is 12.2 Å². The third-order valence-electron chi connectivity index (χ3n) is 4.03. The summed E-state index contributed by atoms with van der Waals surface area (Å²) in [6.07, 6.45) is 1.67. The van der Waals surface area contributed by atoms with Gasteiger partial charge in [-0.3, -0.25) is 9.36 Å². The van der Waals surface area contributed by atoms with E-state index < -0.39 is 0 Å². The molecule has 2 aromatic carbocycles. The lowest BCUT2D eigenvalue weighted by molar-refractivity contribution is 0.0777. The summed E-state index contributed by atoms with van der Waals surface area (Å²) in [5.41, 5.74) is 3.71. The third-order valence-corrected chi connectivity index (χ3v) is 4.33. The molecule has 0 fully saturated rings. The molecule has 1 amide bonds. The number of aromatic amines is 1. The number of rotatable bonds is 4. The number of benzene rings is 2. The van der Waals surface area contributed by atoms with Crippen LogP contribution in [0.5, 0.6) is 0 Å². The number of para-hydroxylation sites is 1. The minimum absolute atomic E-state index is 0.0746. The Balaban J connectivity index is 1.91. The maximum atomic E-state index is 12.9. The number of amides is 1. The maximum absolute atomic E-state index is 12.9. The fourth-order valence-corrected chi connectivity index (χ4v) is 2.93. The lowest BCUT2D eigenvalue weighted by Gasteiger charge is -2.19. The van der Waals surface area contributed by atoms with Gasteiger partial charge in [-0.1, -0.05) is 42.5 Å². The number of carbonyl (C=O) groups excluding carboxylic acids is 1. The van der Waals surface area contributed by atoms with Gasteiger partial charge in [0.05, 0.1) is 0 Å². The molecular formula is C19H19N3OS. The summed E-state index contributed by atoms with van der Waals surface area (Å²) in [7, 11) is 1.81. The predicted molar refractivity (Wildman–Crippen MR) is 97.9 cm³/mol. The summed E-state index contributed by atoms with van der Waals surface area (Å²) in [6.45, 7) is 2.60. The number of carbonyl (C=O) groups is 1. The number of imidazole rings is 1. The molecule has 122 valence electrons. The molecule has 24 heavy (non-hydrogen) atoms. The Kier molecular flexibility index (Phi) is 4.62. The molecule has 0 unspecified atom stereocenters. The van der Waals surface area contributed by atoms with Crippen molar-refractivity contribution in [2.24, 2.45) is 0 Å². The van der Waals surface area contributed by atoms with E-state index in [-0.39, 0.29) is 5.91 Å². The molecule has 1 heterocycles. The average molecular weight is 337 g/mol. The molecule has 0 atom stereocenters. The van der Waals surface area contributed by atoms with Crippen molar-refractivity contribution in [3.05, 3.63) is 82.4 Å². The molecule has 1 N–H and O–H groups in total. The molecule has 3 rings (SSSR count). The van der Waals surface area contributed by atoms with Gasteiger partial charge >= 0.3 is 0 Å². The van der Waals surface area contributed by atoms with Gasteiger partial charge in [-0.25, -0.2) is 0 Å². The summed E-state index contributed by atoms with van der Waals surface area (Å²) in [5.74, 6) is -0.0746. The van der Waals surface area contributed by atoms with Crippen LogP contribution < -0.4 is 0 Å². The van der Waals surface area contributed by atoms with Gasteiger partial charge in [0.1, 0.15) is 5.69 Å². The first-order valence-electron chi connectivity index (χ1n) is 7.74. The van der Waals surface area contributed by atoms with Crippen LogP contribution in [0.3, 0.4) is 0 Å². The normalized spacial score (nSPS) is 10.6. The SMILES string of the molecule is Cc1ccccc1CN(C)C(=O)c1c[nH]c(=S)n1-c1ccccc1. The van der Waals surface area contributed by atoms with E-state index in [1.165, 1.54) is 5.56 Å². The van der Waals surface area contributed by atoms with Gasteiger partial charge in [0, 0.05) is 25.5 Å². The molecule has 0 aliphatic rings. The van der Waals surface area contributed by atoms with E-state index in [2.05, 4.69) is 18.0 Å². The Morgan fingerprint density at radius 2 is 1.79 bits per heavy atom. The fraction of sp³-hybridized carbons (Fsp3) is 0.158. The van der Waals surface area contributed by atoms with Crippen LogP contribution in [-0.4, -0.2) is 27.4 Å². The lowest BCUT2D eigenvalue weighted by Crippen LogP contribution is -2.28. The Bertz CT molecular complexity index is 912. The summed E-state index contributed by atoms with van der Waals surface area (Å²) in [4.78, 5) is 17.6. The minimum atomic E-state index is -0.0746. The van der Waals surface area contributed by atoms with E-state index >= 15 is 0 Å². The van der Waals surface area contributed by atoms with Crippen LogP contribution in [0.1, 0.15) is 21.6 Å². The molecular weight excluding hydrogens is 318 g/mol. The van der Waals surface area contributed by atoms with Crippen LogP contribution in [0.4, 0.5) is 0 Å². The van der Waals surface area contributed by atoms with Crippen molar-refractivity contribution in [1.29, 1.82) is 0 Å². The van der Waals surface area contributed by atoms with Crippen LogP contribution in [0.2, 0.25) is 0 Å². The summed E-state index contributed by atoms with van der Waals surface area (Å²) < 4.78 is 2.28. The largest absolute Gasteiger partial charge is 0.336 e. The van der Waals surface area contributed by atoms with Crippen molar-refractivity contribution in [3.8, 4) is 5.69 Å². The van der Waals surface area contributed by atoms with Gasteiger partial charge in [-0.2, -0.15) is 0 Å².